The summed E-state index contributed by atoms with van der Waals surface area (Å²) in [7, 11) is -1.03. The van der Waals surface area contributed by atoms with E-state index in [9.17, 15) is 9.00 Å². The number of carbonyl (C=O) groups is 1. The first-order chi connectivity index (χ1) is 6.66. The molecule has 14 heavy (non-hydrogen) atoms. The molecule has 74 valence electrons. The summed E-state index contributed by atoms with van der Waals surface area (Å²) in [6.45, 7) is 0. The van der Waals surface area contributed by atoms with Crippen molar-refractivity contribution in [1.82, 2.24) is 0 Å². The van der Waals surface area contributed by atoms with E-state index in [4.69, 9.17) is 0 Å². The predicted molar refractivity (Wildman–Crippen MR) is 59.5 cm³/mol. The number of hydrogen-bond donors (Lipinski definition) is 0. The third-order valence-electron chi connectivity index (χ3n) is 1.98. The van der Waals surface area contributed by atoms with Gasteiger partial charge >= 0.3 is 0 Å². The molecule has 5 heteroatoms. The van der Waals surface area contributed by atoms with E-state index in [1.165, 1.54) is 0 Å². The molecule has 0 N–H and O–H groups in total. The molecule has 1 atom stereocenters. The minimum absolute atomic E-state index is 0.0681. The van der Waals surface area contributed by atoms with Gasteiger partial charge in [-0.25, -0.2) is 0 Å². The average Bonchev–Trinajstić information content (AvgIpc) is 2.45. The molecule has 1 amide bonds. The van der Waals surface area contributed by atoms with Gasteiger partial charge in [0, 0.05) is 10.2 Å². The molecule has 0 bridgehead atoms. The Bertz CT molecular complexity index is 408. The Balaban J connectivity index is 2.31. The molecule has 2 rings (SSSR count). The highest BCUT2D eigenvalue weighted by Crippen LogP contribution is 2.22. The molecule has 1 aromatic rings. The molecule has 1 aromatic carbocycles. The third-order valence-corrected chi connectivity index (χ3v) is 3.59. The Hall–Kier alpha value is -0.680. The summed E-state index contributed by atoms with van der Waals surface area (Å²) in [6, 6.07) is 7.43. The Morgan fingerprint density at radius 3 is 2.79 bits per heavy atom. The van der Waals surface area contributed by atoms with Gasteiger partial charge in [-0.05, 0) is 18.2 Å². The van der Waals surface area contributed by atoms with E-state index in [0.717, 1.165) is 10.2 Å². The number of rotatable bonds is 1. The maximum absolute atomic E-state index is 11.4. The second-order valence-corrected chi connectivity index (χ2v) is 5.36. The molecule has 1 aliphatic rings. The van der Waals surface area contributed by atoms with Gasteiger partial charge in [0.25, 0.3) is 0 Å². The fourth-order valence-electron chi connectivity index (χ4n) is 1.34. The molecule has 0 aliphatic carbocycles. The van der Waals surface area contributed by atoms with Gasteiger partial charge in [0.15, 0.2) is 0 Å². The maximum atomic E-state index is 11.4. The van der Waals surface area contributed by atoms with Crippen molar-refractivity contribution in [2.45, 2.75) is 0 Å². The summed E-state index contributed by atoms with van der Waals surface area (Å²) < 4.78 is 12.1. The molecule has 1 aliphatic heterocycles. The monoisotopic (exact) mass is 273 g/mol. The Morgan fingerprint density at radius 1 is 1.43 bits per heavy atom. The molecular weight excluding hydrogens is 266 g/mol. The van der Waals surface area contributed by atoms with Crippen molar-refractivity contribution in [3.05, 3.63) is 28.7 Å². The van der Waals surface area contributed by atoms with Crippen LogP contribution in [0.4, 0.5) is 5.69 Å². The summed E-state index contributed by atoms with van der Waals surface area (Å²) >= 11 is 3.33. The third kappa shape index (κ3) is 1.88. The van der Waals surface area contributed by atoms with Crippen molar-refractivity contribution in [2.75, 3.05) is 16.5 Å². The molecule has 0 aromatic heterocycles. The van der Waals surface area contributed by atoms with E-state index < -0.39 is 10.8 Å². The molecule has 0 radical (unpaired) electrons. The highest BCUT2D eigenvalue weighted by Gasteiger charge is 2.27. The highest BCUT2D eigenvalue weighted by atomic mass is 79.9. The van der Waals surface area contributed by atoms with E-state index in [1.807, 2.05) is 24.3 Å². The number of halogens is 1. The lowest BCUT2D eigenvalue weighted by Crippen LogP contribution is -2.24. The van der Waals surface area contributed by atoms with Crippen LogP contribution < -0.4 is 4.90 Å². The Labute approximate surface area is 92.7 Å². The number of amides is 1. The molecule has 1 heterocycles. The molecular formula is C9H8BrNO2S. The van der Waals surface area contributed by atoms with Gasteiger partial charge in [-0.2, -0.15) is 0 Å². The second kappa shape index (κ2) is 3.82. The first-order valence-electron chi connectivity index (χ1n) is 4.08. The van der Waals surface area contributed by atoms with Gasteiger partial charge in [-0.15, -0.1) is 0 Å². The normalized spacial score (nSPS) is 21.6. The van der Waals surface area contributed by atoms with Crippen molar-refractivity contribution < 1.29 is 9.00 Å². The molecule has 1 unspecified atom stereocenters. The first kappa shape index (κ1) is 9.86. The van der Waals surface area contributed by atoms with Crippen LogP contribution in [0.2, 0.25) is 0 Å². The standard InChI is InChI=1S/C9H8BrNO2S/c10-7-2-1-3-8(4-7)11-6-14(13)5-9(11)12/h1-4H,5-6H2. The van der Waals surface area contributed by atoms with Crippen molar-refractivity contribution in [3.8, 4) is 0 Å². The van der Waals surface area contributed by atoms with E-state index >= 15 is 0 Å². The highest BCUT2D eigenvalue weighted by molar-refractivity contribution is 9.10. The lowest BCUT2D eigenvalue weighted by atomic mass is 10.3. The lowest BCUT2D eigenvalue weighted by Gasteiger charge is -2.14. The van der Waals surface area contributed by atoms with Crippen LogP contribution in [-0.4, -0.2) is 21.7 Å². The zero-order valence-electron chi connectivity index (χ0n) is 7.27. The van der Waals surface area contributed by atoms with Crippen LogP contribution >= 0.6 is 15.9 Å². The zero-order chi connectivity index (χ0) is 10.1. The van der Waals surface area contributed by atoms with Crippen LogP contribution in [0, 0.1) is 0 Å². The summed E-state index contributed by atoms with van der Waals surface area (Å²) in [5.41, 5.74) is 0.801. The topological polar surface area (TPSA) is 37.4 Å². The smallest absolute Gasteiger partial charge is 0.240 e. The van der Waals surface area contributed by atoms with Gasteiger partial charge in [-0.3, -0.25) is 13.9 Å². The van der Waals surface area contributed by atoms with Gasteiger partial charge in [0.2, 0.25) is 5.91 Å². The van der Waals surface area contributed by atoms with Crippen LogP contribution in [-0.2, 0) is 15.6 Å². The maximum Gasteiger partial charge on any atom is 0.240 e. The predicted octanol–water partition coefficient (Wildman–Crippen LogP) is 1.50. The molecule has 0 spiro atoms. The largest absolute Gasteiger partial charge is 0.299 e. The number of benzene rings is 1. The number of carbonyl (C=O) groups excluding carboxylic acids is 1. The number of anilines is 1. The van der Waals surface area contributed by atoms with Gasteiger partial charge < -0.3 is 0 Å². The van der Waals surface area contributed by atoms with Crippen LogP contribution in [0.1, 0.15) is 0 Å². The van der Waals surface area contributed by atoms with Gasteiger partial charge in [0.1, 0.15) is 11.6 Å². The van der Waals surface area contributed by atoms with Crippen molar-refractivity contribution in [1.29, 1.82) is 0 Å². The molecule has 1 saturated heterocycles. The average molecular weight is 274 g/mol. The summed E-state index contributed by atoms with van der Waals surface area (Å²) in [4.78, 5) is 13.0. The molecule has 0 saturated carbocycles. The number of nitrogens with zero attached hydrogens (tertiary/aromatic N) is 1. The zero-order valence-corrected chi connectivity index (χ0v) is 9.68. The van der Waals surface area contributed by atoms with E-state index in [-0.39, 0.29) is 11.7 Å². The molecule has 3 nitrogen and oxygen atoms in total. The van der Waals surface area contributed by atoms with E-state index in [2.05, 4.69) is 15.9 Å². The second-order valence-electron chi connectivity index (χ2n) is 3.01. The quantitative estimate of drug-likeness (QED) is 0.778. The fourth-order valence-corrected chi connectivity index (χ4v) is 2.83. The van der Waals surface area contributed by atoms with Crippen molar-refractivity contribution in [3.63, 3.8) is 0 Å². The van der Waals surface area contributed by atoms with Crippen LogP contribution in [0.5, 0.6) is 0 Å². The SMILES string of the molecule is O=C1CS(=O)CN1c1cccc(Br)c1. The number of hydrogen-bond acceptors (Lipinski definition) is 2. The summed E-state index contributed by atoms with van der Waals surface area (Å²) in [5, 5.41) is 0. The van der Waals surface area contributed by atoms with Crippen LogP contribution in [0.15, 0.2) is 28.7 Å². The van der Waals surface area contributed by atoms with Gasteiger partial charge in [0.05, 0.1) is 10.8 Å². The van der Waals surface area contributed by atoms with Crippen LogP contribution in [0.25, 0.3) is 0 Å². The summed E-state index contributed by atoms with van der Waals surface area (Å²) in [6.07, 6.45) is 0. The Morgan fingerprint density at radius 2 is 2.21 bits per heavy atom. The fraction of sp³-hybridized carbons (Fsp3) is 0.222. The Kier molecular flexibility index (Phi) is 2.69. The van der Waals surface area contributed by atoms with Crippen LogP contribution in [0.3, 0.4) is 0 Å². The minimum Gasteiger partial charge on any atom is -0.299 e. The van der Waals surface area contributed by atoms with E-state index in [1.54, 1.807) is 4.90 Å². The molecule has 1 fully saturated rings. The minimum atomic E-state index is -1.03. The van der Waals surface area contributed by atoms with Gasteiger partial charge in [-0.1, -0.05) is 22.0 Å². The first-order valence-corrected chi connectivity index (χ1v) is 6.36. The van der Waals surface area contributed by atoms with Crippen molar-refractivity contribution in [2.24, 2.45) is 0 Å². The van der Waals surface area contributed by atoms with Crippen molar-refractivity contribution >= 4 is 38.3 Å². The summed E-state index contributed by atoms with van der Waals surface area (Å²) in [5.74, 6) is 0.392. The lowest BCUT2D eigenvalue weighted by molar-refractivity contribution is -0.115. The van der Waals surface area contributed by atoms with E-state index in [0.29, 0.717) is 5.88 Å².